The summed E-state index contributed by atoms with van der Waals surface area (Å²) in [5, 5.41) is 6.43. The maximum absolute atomic E-state index is 13.0. The van der Waals surface area contributed by atoms with E-state index < -0.39 is 0 Å². The number of carbonyl (C=O) groups excluding carboxylic acids is 2. The van der Waals surface area contributed by atoms with E-state index in [-0.39, 0.29) is 16.9 Å². The first-order valence-corrected chi connectivity index (χ1v) is 13.0. The molecular formula is C28H29ClN4O4S. The van der Waals surface area contributed by atoms with E-state index in [0.717, 1.165) is 11.4 Å². The standard InChI is InChI=1S/C28H29ClN4O4S/c1-3-37-23-6-4-5-19(17-23)26(34)31-28(38)30-21-8-10-22(11-9-21)32-13-15-33(16-14-32)27(35)24-18-20(29)7-12-25(24)36-2/h4-12,17-18H,3,13-16H2,1-2H3,(H2,30,31,34,38). The number of amides is 2. The molecule has 38 heavy (non-hydrogen) atoms. The van der Waals surface area contributed by atoms with Gasteiger partial charge in [0.05, 0.1) is 19.3 Å². The van der Waals surface area contributed by atoms with Crippen LogP contribution in [-0.4, -0.2) is 61.7 Å². The zero-order chi connectivity index (χ0) is 27.1. The van der Waals surface area contributed by atoms with E-state index in [0.29, 0.717) is 60.4 Å². The lowest BCUT2D eigenvalue weighted by atomic mass is 10.1. The number of benzene rings is 3. The predicted octanol–water partition coefficient (Wildman–Crippen LogP) is 4.84. The maximum atomic E-state index is 13.0. The molecule has 2 amide bonds. The van der Waals surface area contributed by atoms with Crippen LogP contribution in [0.2, 0.25) is 5.02 Å². The molecule has 0 aromatic heterocycles. The highest BCUT2D eigenvalue weighted by molar-refractivity contribution is 7.80. The molecule has 1 aliphatic heterocycles. The Morgan fingerprint density at radius 2 is 1.74 bits per heavy atom. The molecule has 10 heteroatoms. The van der Waals surface area contributed by atoms with Gasteiger partial charge in [-0.15, -0.1) is 0 Å². The van der Waals surface area contributed by atoms with Crippen LogP contribution in [0.4, 0.5) is 11.4 Å². The molecule has 0 bridgehead atoms. The Labute approximate surface area is 232 Å². The average molecular weight is 553 g/mol. The zero-order valence-electron chi connectivity index (χ0n) is 21.2. The number of hydrogen-bond donors (Lipinski definition) is 2. The topological polar surface area (TPSA) is 83.1 Å². The van der Waals surface area contributed by atoms with Crippen LogP contribution in [-0.2, 0) is 0 Å². The molecule has 8 nitrogen and oxygen atoms in total. The molecular weight excluding hydrogens is 524 g/mol. The number of ether oxygens (including phenoxy) is 2. The van der Waals surface area contributed by atoms with Gasteiger partial charge in [-0.3, -0.25) is 14.9 Å². The third-order valence-electron chi connectivity index (χ3n) is 6.08. The number of halogens is 1. The van der Waals surface area contributed by atoms with Gasteiger partial charge in [0.2, 0.25) is 0 Å². The maximum Gasteiger partial charge on any atom is 0.257 e. The Morgan fingerprint density at radius 1 is 1.00 bits per heavy atom. The van der Waals surface area contributed by atoms with Gasteiger partial charge in [-0.05, 0) is 79.8 Å². The van der Waals surface area contributed by atoms with E-state index in [1.807, 2.05) is 36.1 Å². The fourth-order valence-corrected chi connectivity index (χ4v) is 4.56. The quantitative estimate of drug-likeness (QED) is 0.406. The van der Waals surface area contributed by atoms with Gasteiger partial charge in [-0.2, -0.15) is 0 Å². The number of anilines is 2. The summed E-state index contributed by atoms with van der Waals surface area (Å²) in [7, 11) is 1.54. The van der Waals surface area contributed by atoms with Crippen molar-refractivity contribution < 1.29 is 19.1 Å². The molecule has 1 heterocycles. The van der Waals surface area contributed by atoms with Crippen molar-refractivity contribution >= 4 is 52.1 Å². The molecule has 0 atom stereocenters. The van der Waals surface area contributed by atoms with Gasteiger partial charge in [-0.25, -0.2) is 0 Å². The van der Waals surface area contributed by atoms with Crippen LogP contribution >= 0.6 is 23.8 Å². The summed E-state index contributed by atoms with van der Waals surface area (Å²) >= 11 is 11.4. The lowest BCUT2D eigenvalue weighted by molar-refractivity contribution is 0.0743. The molecule has 0 radical (unpaired) electrons. The van der Waals surface area contributed by atoms with Gasteiger partial charge >= 0.3 is 0 Å². The van der Waals surface area contributed by atoms with Gasteiger partial charge < -0.3 is 24.6 Å². The lowest BCUT2D eigenvalue weighted by Crippen LogP contribution is -2.48. The van der Waals surface area contributed by atoms with Gasteiger partial charge in [0.15, 0.2) is 5.11 Å². The average Bonchev–Trinajstić information content (AvgIpc) is 2.93. The Kier molecular flexibility index (Phi) is 9.04. The first-order valence-electron chi connectivity index (χ1n) is 12.2. The number of nitrogens with zero attached hydrogens (tertiary/aromatic N) is 2. The highest BCUT2D eigenvalue weighted by atomic mass is 35.5. The smallest absolute Gasteiger partial charge is 0.257 e. The summed E-state index contributed by atoms with van der Waals surface area (Å²) in [4.78, 5) is 29.6. The summed E-state index contributed by atoms with van der Waals surface area (Å²) in [6.07, 6.45) is 0. The first-order chi connectivity index (χ1) is 18.4. The van der Waals surface area contributed by atoms with Crippen LogP contribution in [0.3, 0.4) is 0 Å². The summed E-state index contributed by atoms with van der Waals surface area (Å²) in [6.45, 7) is 4.95. The van der Waals surface area contributed by atoms with Gasteiger partial charge in [0, 0.05) is 48.1 Å². The zero-order valence-corrected chi connectivity index (χ0v) is 22.8. The molecule has 3 aromatic carbocycles. The summed E-state index contributed by atoms with van der Waals surface area (Å²) in [5.74, 6) is 0.731. The van der Waals surface area contributed by atoms with E-state index in [1.165, 1.54) is 0 Å². The molecule has 2 N–H and O–H groups in total. The van der Waals surface area contributed by atoms with Crippen molar-refractivity contribution in [3.8, 4) is 11.5 Å². The van der Waals surface area contributed by atoms with E-state index in [9.17, 15) is 9.59 Å². The first kappa shape index (κ1) is 27.2. The number of carbonyl (C=O) groups is 2. The Morgan fingerprint density at radius 3 is 2.42 bits per heavy atom. The number of thiocarbonyl (C=S) groups is 1. The number of rotatable bonds is 7. The molecule has 1 fully saturated rings. The van der Waals surface area contributed by atoms with Crippen LogP contribution in [0.5, 0.6) is 11.5 Å². The number of methoxy groups -OCH3 is 1. The van der Waals surface area contributed by atoms with Crippen molar-refractivity contribution in [2.75, 3.05) is 50.1 Å². The molecule has 4 rings (SSSR count). The van der Waals surface area contributed by atoms with Crippen molar-refractivity contribution in [3.63, 3.8) is 0 Å². The fraction of sp³-hybridized carbons (Fsp3) is 0.250. The fourth-order valence-electron chi connectivity index (χ4n) is 4.17. The number of piperazine rings is 1. The highest BCUT2D eigenvalue weighted by Gasteiger charge is 2.24. The summed E-state index contributed by atoms with van der Waals surface area (Å²) < 4.78 is 10.8. The van der Waals surface area contributed by atoms with E-state index >= 15 is 0 Å². The second kappa shape index (κ2) is 12.6. The minimum absolute atomic E-state index is 0.0938. The largest absolute Gasteiger partial charge is 0.496 e. The highest BCUT2D eigenvalue weighted by Crippen LogP contribution is 2.26. The summed E-state index contributed by atoms with van der Waals surface area (Å²) in [6, 6.07) is 19.8. The molecule has 0 saturated carbocycles. The normalized spacial score (nSPS) is 13.0. The van der Waals surface area contributed by atoms with Gasteiger partial charge in [0.1, 0.15) is 11.5 Å². The summed E-state index contributed by atoms with van der Waals surface area (Å²) in [5.41, 5.74) is 2.71. The minimum Gasteiger partial charge on any atom is -0.496 e. The van der Waals surface area contributed by atoms with Crippen molar-refractivity contribution in [1.29, 1.82) is 0 Å². The van der Waals surface area contributed by atoms with Gasteiger partial charge in [-0.1, -0.05) is 17.7 Å². The second-order valence-electron chi connectivity index (χ2n) is 8.54. The molecule has 0 spiro atoms. The van der Waals surface area contributed by atoms with Gasteiger partial charge in [0.25, 0.3) is 11.8 Å². The van der Waals surface area contributed by atoms with E-state index in [2.05, 4.69) is 15.5 Å². The number of nitrogens with one attached hydrogen (secondary N) is 2. The Balaban J connectivity index is 1.29. The lowest BCUT2D eigenvalue weighted by Gasteiger charge is -2.36. The van der Waals surface area contributed by atoms with Crippen LogP contribution < -0.4 is 25.0 Å². The molecule has 1 aliphatic rings. The number of hydrogen-bond acceptors (Lipinski definition) is 6. The van der Waals surface area contributed by atoms with Crippen LogP contribution in [0.1, 0.15) is 27.6 Å². The van der Waals surface area contributed by atoms with E-state index in [1.54, 1.807) is 49.6 Å². The predicted molar refractivity (Wildman–Crippen MR) is 154 cm³/mol. The van der Waals surface area contributed by atoms with E-state index in [4.69, 9.17) is 33.3 Å². The van der Waals surface area contributed by atoms with Crippen LogP contribution in [0.15, 0.2) is 66.7 Å². The monoisotopic (exact) mass is 552 g/mol. The van der Waals surface area contributed by atoms with Crippen molar-refractivity contribution in [1.82, 2.24) is 10.2 Å². The third kappa shape index (κ3) is 6.73. The van der Waals surface area contributed by atoms with Crippen LogP contribution in [0.25, 0.3) is 0 Å². The molecule has 198 valence electrons. The SMILES string of the molecule is CCOc1cccc(C(=O)NC(=S)Nc2ccc(N3CCN(C(=O)c4cc(Cl)ccc4OC)CC3)cc2)c1. The van der Waals surface area contributed by atoms with Crippen molar-refractivity contribution in [3.05, 3.63) is 82.9 Å². The van der Waals surface area contributed by atoms with Crippen molar-refractivity contribution in [2.45, 2.75) is 6.92 Å². The minimum atomic E-state index is -0.316. The van der Waals surface area contributed by atoms with Crippen molar-refractivity contribution in [2.24, 2.45) is 0 Å². The molecule has 3 aromatic rings. The Bertz CT molecular complexity index is 1310. The second-order valence-corrected chi connectivity index (χ2v) is 9.38. The molecule has 0 aliphatic carbocycles. The third-order valence-corrected chi connectivity index (χ3v) is 6.52. The molecule has 1 saturated heterocycles. The Hall–Kier alpha value is -3.82. The van der Waals surface area contributed by atoms with Crippen LogP contribution in [0, 0.1) is 0 Å². The molecule has 0 unspecified atom stereocenters.